The van der Waals surface area contributed by atoms with Crippen LogP contribution >= 0.6 is 0 Å². The summed E-state index contributed by atoms with van der Waals surface area (Å²) in [7, 11) is 1.28. The first-order chi connectivity index (χ1) is 12.7. The predicted molar refractivity (Wildman–Crippen MR) is 105 cm³/mol. The second-order valence-corrected chi connectivity index (χ2v) is 7.46. The third kappa shape index (κ3) is 9.87. The number of carbonyl (C=O) groups excluding carboxylic acids is 2. The fourth-order valence-corrected chi connectivity index (χ4v) is 2.47. The third-order valence-corrected chi connectivity index (χ3v) is 3.84. The largest absolute Gasteiger partial charge is 0.494 e. The number of aryl methyl sites for hydroxylation is 1. The minimum Gasteiger partial charge on any atom is -0.494 e. The highest BCUT2D eigenvalue weighted by molar-refractivity contribution is 5.81. The van der Waals surface area contributed by atoms with Crippen LogP contribution in [0.5, 0.6) is 5.75 Å². The lowest BCUT2D eigenvalue weighted by Crippen LogP contribution is -2.44. The van der Waals surface area contributed by atoms with E-state index in [2.05, 4.69) is 24.4 Å². The molecule has 1 N–H and O–H groups in total. The zero-order valence-corrected chi connectivity index (χ0v) is 17.2. The molecule has 0 bridgehead atoms. The highest BCUT2D eigenvalue weighted by atomic mass is 16.6. The van der Waals surface area contributed by atoms with Gasteiger partial charge < -0.3 is 19.5 Å². The van der Waals surface area contributed by atoms with Crippen molar-refractivity contribution < 1.29 is 23.8 Å². The average Bonchev–Trinajstić information content (AvgIpc) is 2.60. The quantitative estimate of drug-likeness (QED) is 0.486. The van der Waals surface area contributed by atoms with Crippen molar-refractivity contribution in [3.63, 3.8) is 0 Å². The fraction of sp³-hybridized carbons (Fsp3) is 0.619. The number of amides is 1. The molecule has 0 aliphatic rings. The van der Waals surface area contributed by atoms with Gasteiger partial charge >= 0.3 is 12.1 Å². The van der Waals surface area contributed by atoms with Gasteiger partial charge in [0.05, 0.1) is 13.7 Å². The smallest absolute Gasteiger partial charge is 0.408 e. The lowest BCUT2D eigenvalue weighted by atomic mass is 10.1. The Balaban J connectivity index is 2.48. The summed E-state index contributed by atoms with van der Waals surface area (Å²) in [6.45, 7) is 7.74. The van der Waals surface area contributed by atoms with Gasteiger partial charge in [0.15, 0.2) is 0 Å². The summed E-state index contributed by atoms with van der Waals surface area (Å²) >= 11 is 0. The molecule has 0 heterocycles. The number of benzene rings is 1. The SMILES string of the molecule is CCCCCc1ccc(OCCC(NC(=O)OC(C)(C)C)C(=O)OC)cc1. The van der Waals surface area contributed by atoms with E-state index in [9.17, 15) is 9.59 Å². The van der Waals surface area contributed by atoms with Gasteiger partial charge in [0.1, 0.15) is 17.4 Å². The van der Waals surface area contributed by atoms with Crippen LogP contribution < -0.4 is 10.1 Å². The molecule has 0 aliphatic carbocycles. The molecular formula is C21H33NO5. The molecular weight excluding hydrogens is 346 g/mol. The highest BCUT2D eigenvalue weighted by Crippen LogP contribution is 2.15. The molecule has 6 heteroatoms. The van der Waals surface area contributed by atoms with Crippen molar-refractivity contribution >= 4 is 12.1 Å². The standard InChI is InChI=1S/C21H33NO5/c1-6-7-8-9-16-10-12-17(13-11-16)26-15-14-18(19(23)25-5)22-20(24)27-21(2,3)4/h10-13,18H,6-9,14-15H2,1-5H3,(H,22,24). The maximum Gasteiger partial charge on any atom is 0.408 e. The molecule has 6 nitrogen and oxygen atoms in total. The van der Waals surface area contributed by atoms with Gasteiger partial charge in [-0.25, -0.2) is 9.59 Å². The fourth-order valence-electron chi connectivity index (χ4n) is 2.47. The molecule has 0 radical (unpaired) electrons. The Hall–Kier alpha value is -2.24. The first kappa shape index (κ1) is 22.8. The summed E-state index contributed by atoms with van der Waals surface area (Å²) < 4.78 is 15.6. The van der Waals surface area contributed by atoms with Crippen LogP contribution in [0, 0.1) is 0 Å². The monoisotopic (exact) mass is 379 g/mol. The van der Waals surface area contributed by atoms with Crippen LogP contribution in [0.15, 0.2) is 24.3 Å². The second-order valence-electron chi connectivity index (χ2n) is 7.46. The zero-order chi connectivity index (χ0) is 20.3. The van der Waals surface area contributed by atoms with Gasteiger partial charge in [0.2, 0.25) is 0 Å². The summed E-state index contributed by atoms with van der Waals surface area (Å²) in [6.07, 6.45) is 4.32. The summed E-state index contributed by atoms with van der Waals surface area (Å²) in [4.78, 5) is 23.8. The Kier molecular flexibility index (Phi) is 9.68. The van der Waals surface area contributed by atoms with E-state index in [4.69, 9.17) is 14.2 Å². The summed E-state index contributed by atoms with van der Waals surface area (Å²) in [5.74, 6) is 0.200. The Morgan fingerprint density at radius 3 is 2.33 bits per heavy atom. The van der Waals surface area contributed by atoms with Crippen LogP contribution in [0.4, 0.5) is 4.79 Å². The molecule has 1 atom stereocenters. The van der Waals surface area contributed by atoms with Gasteiger partial charge in [0.25, 0.3) is 0 Å². The maximum absolute atomic E-state index is 11.9. The number of hydrogen-bond acceptors (Lipinski definition) is 5. The lowest BCUT2D eigenvalue weighted by Gasteiger charge is -2.22. The average molecular weight is 379 g/mol. The van der Waals surface area contributed by atoms with E-state index in [1.54, 1.807) is 20.8 Å². The van der Waals surface area contributed by atoms with E-state index >= 15 is 0 Å². The number of nitrogens with one attached hydrogen (secondary N) is 1. The van der Waals surface area contributed by atoms with Crippen molar-refractivity contribution in [2.75, 3.05) is 13.7 Å². The minimum atomic E-state index is -0.821. The van der Waals surface area contributed by atoms with Gasteiger partial charge in [-0.1, -0.05) is 31.9 Å². The summed E-state index contributed by atoms with van der Waals surface area (Å²) in [5.41, 5.74) is 0.648. The summed E-state index contributed by atoms with van der Waals surface area (Å²) in [6, 6.07) is 7.15. The van der Waals surface area contributed by atoms with Gasteiger partial charge in [0, 0.05) is 6.42 Å². The van der Waals surface area contributed by atoms with E-state index in [1.165, 1.54) is 31.9 Å². The van der Waals surface area contributed by atoms with Crippen LogP contribution in [0.3, 0.4) is 0 Å². The van der Waals surface area contributed by atoms with Crippen LogP contribution in [0.25, 0.3) is 0 Å². The lowest BCUT2D eigenvalue weighted by molar-refractivity contribution is -0.143. The Morgan fingerprint density at radius 2 is 1.78 bits per heavy atom. The third-order valence-electron chi connectivity index (χ3n) is 3.84. The Morgan fingerprint density at radius 1 is 1.11 bits per heavy atom. The Labute approximate surface area is 162 Å². The maximum atomic E-state index is 11.9. The first-order valence-corrected chi connectivity index (χ1v) is 9.54. The zero-order valence-electron chi connectivity index (χ0n) is 17.2. The normalized spacial score (nSPS) is 12.2. The predicted octanol–water partition coefficient (Wildman–Crippen LogP) is 4.25. The molecule has 0 spiro atoms. The van der Waals surface area contributed by atoms with Gasteiger partial charge in [-0.15, -0.1) is 0 Å². The van der Waals surface area contributed by atoms with Crippen LogP contribution in [-0.4, -0.2) is 37.4 Å². The molecule has 152 valence electrons. The number of esters is 1. The highest BCUT2D eigenvalue weighted by Gasteiger charge is 2.24. The summed E-state index contributed by atoms with van der Waals surface area (Å²) in [5, 5.41) is 2.53. The number of hydrogen-bond donors (Lipinski definition) is 1. The van der Waals surface area contributed by atoms with Gasteiger partial charge in [-0.05, 0) is 51.3 Å². The van der Waals surface area contributed by atoms with E-state index in [0.29, 0.717) is 0 Å². The number of methoxy groups -OCH3 is 1. The molecule has 1 aromatic carbocycles. The molecule has 0 aromatic heterocycles. The van der Waals surface area contributed by atoms with E-state index < -0.39 is 23.7 Å². The van der Waals surface area contributed by atoms with Crippen LogP contribution in [-0.2, 0) is 20.7 Å². The van der Waals surface area contributed by atoms with Crippen molar-refractivity contribution in [2.24, 2.45) is 0 Å². The van der Waals surface area contributed by atoms with E-state index in [1.807, 2.05) is 12.1 Å². The van der Waals surface area contributed by atoms with Crippen LogP contribution in [0.1, 0.15) is 58.9 Å². The van der Waals surface area contributed by atoms with E-state index in [0.717, 1.165) is 12.2 Å². The van der Waals surface area contributed by atoms with Crippen molar-refractivity contribution in [1.82, 2.24) is 5.32 Å². The van der Waals surface area contributed by atoms with Gasteiger partial charge in [-0.3, -0.25) is 0 Å². The molecule has 0 fully saturated rings. The molecule has 0 saturated heterocycles. The molecule has 0 saturated carbocycles. The van der Waals surface area contributed by atoms with Gasteiger partial charge in [-0.2, -0.15) is 0 Å². The first-order valence-electron chi connectivity index (χ1n) is 9.54. The molecule has 1 rings (SSSR count). The van der Waals surface area contributed by atoms with Crippen molar-refractivity contribution in [3.05, 3.63) is 29.8 Å². The minimum absolute atomic E-state index is 0.269. The van der Waals surface area contributed by atoms with E-state index in [-0.39, 0.29) is 13.0 Å². The second kappa shape index (κ2) is 11.5. The number of unbranched alkanes of at least 4 members (excludes halogenated alkanes) is 2. The number of rotatable bonds is 10. The molecule has 27 heavy (non-hydrogen) atoms. The molecule has 0 aliphatic heterocycles. The molecule has 1 amide bonds. The Bertz CT molecular complexity index is 577. The van der Waals surface area contributed by atoms with Crippen molar-refractivity contribution in [2.45, 2.75) is 71.4 Å². The van der Waals surface area contributed by atoms with Crippen molar-refractivity contribution in [1.29, 1.82) is 0 Å². The van der Waals surface area contributed by atoms with Crippen molar-refractivity contribution in [3.8, 4) is 5.75 Å². The number of ether oxygens (including phenoxy) is 3. The number of alkyl carbamates (subject to hydrolysis) is 1. The topological polar surface area (TPSA) is 73.9 Å². The molecule has 1 aromatic rings. The van der Waals surface area contributed by atoms with Crippen LogP contribution in [0.2, 0.25) is 0 Å². The molecule has 1 unspecified atom stereocenters. The number of carbonyl (C=O) groups is 2.